The van der Waals surface area contributed by atoms with Gasteiger partial charge in [-0.05, 0) is 31.2 Å². The van der Waals surface area contributed by atoms with E-state index in [4.69, 9.17) is 4.98 Å². The van der Waals surface area contributed by atoms with Crippen LogP contribution in [0, 0.1) is 6.92 Å². The predicted octanol–water partition coefficient (Wildman–Crippen LogP) is 2.81. The summed E-state index contributed by atoms with van der Waals surface area (Å²) in [5, 5.41) is 6.04. The number of aromatic amines is 1. The minimum atomic E-state index is -0.340. The zero-order valence-corrected chi connectivity index (χ0v) is 16.2. The van der Waals surface area contributed by atoms with E-state index in [1.807, 2.05) is 48.0 Å². The molecule has 5 aromatic heterocycles. The largest absolute Gasteiger partial charge is 0.341 e. The number of hydrogen-bond acceptors (Lipinski definition) is 6. The number of carbonyl (C=O) groups excluding carboxylic acids is 1. The molecule has 0 saturated carbocycles. The van der Waals surface area contributed by atoms with Gasteiger partial charge >= 0.3 is 6.03 Å². The highest BCUT2D eigenvalue weighted by atomic mass is 16.2. The highest BCUT2D eigenvalue weighted by Crippen LogP contribution is 2.28. The standard InChI is InChI=1S/C20H17N9O/c1-11-4-3-5-13(25-11)17-26-18-15(23-10-24-18)19(27-17)29-9-7-12-14(29)6-8-22-16(12)28-20(30)21-2/h3-10H,1-2H3,(H2,21,22,28,30)(H,23,24,26,27). The molecule has 0 bridgehead atoms. The minimum absolute atomic E-state index is 0.340. The van der Waals surface area contributed by atoms with Gasteiger partial charge < -0.3 is 10.3 Å². The number of nitrogens with zero attached hydrogens (tertiary/aromatic N) is 6. The Bertz CT molecular complexity index is 1400. The Morgan fingerprint density at radius 1 is 1.10 bits per heavy atom. The molecule has 10 nitrogen and oxygen atoms in total. The monoisotopic (exact) mass is 399 g/mol. The van der Waals surface area contributed by atoms with Gasteiger partial charge in [0, 0.05) is 30.5 Å². The van der Waals surface area contributed by atoms with E-state index in [0.717, 1.165) is 16.6 Å². The second-order valence-corrected chi connectivity index (χ2v) is 6.62. The summed E-state index contributed by atoms with van der Waals surface area (Å²) in [5.41, 5.74) is 3.61. The van der Waals surface area contributed by atoms with Crippen molar-refractivity contribution < 1.29 is 4.79 Å². The third kappa shape index (κ3) is 2.91. The van der Waals surface area contributed by atoms with Crippen LogP contribution in [0.25, 0.3) is 39.4 Å². The van der Waals surface area contributed by atoms with Gasteiger partial charge in [0.05, 0.1) is 11.8 Å². The van der Waals surface area contributed by atoms with Crippen molar-refractivity contribution in [3.8, 4) is 17.3 Å². The second-order valence-electron chi connectivity index (χ2n) is 6.62. The molecule has 0 aliphatic rings. The maximum Gasteiger partial charge on any atom is 0.320 e. The van der Waals surface area contributed by atoms with Crippen LogP contribution in [0.4, 0.5) is 10.6 Å². The van der Waals surface area contributed by atoms with Gasteiger partial charge in [-0.15, -0.1) is 0 Å². The van der Waals surface area contributed by atoms with Crippen molar-refractivity contribution in [1.29, 1.82) is 0 Å². The Balaban J connectivity index is 1.72. The van der Waals surface area contributed by atoms with Gasteiger partial charge in [-0.2, -0.15) is 0 Å². The SMILES string of the molecule is CNC(=O)Nc1nccc2c1ccn2-c1nc(-c2cccc(C)n2)nc2[nH]cnc12. The van der Waals surface area contributed by atoms with E-state index in [0.29, 0.717) is 34.3 Å². The van der Waals surface area contributed by atoms with Crippen molar-refractivity contribution in [2.24, 2.45) is 0 Å². The summed E-state index contributed by atoms with van der Waals surface area (Å²) in [7, 11) is 1.55. The number of carbonyl (C=O) groups is 1. The van der Waals surface area contributed by atoms with Crippen molar-refractivity contribution in [2.45, 2.75) is 6.92 Å². The number of urea groups is 1. The molecule has 0 aliphatic carbocycles. The summed E-state index contributed by atoms with van der Waals surface area (Å²) in [6, 6.07) is 9.11. The summed E-state index contributed by atoms with van der Waals surface area (Å²) in [5.74, 6) is 1.55. The average Bonchev–Trinajstić information content (AvgIpc) is 3.40. The molecule has 5 rings (SSSR count). The molecule has 5 heterocycles. The Morgan fingerprint density at radius 2 is 2.00 bits per heavy atom. The molecule has 3 N–H and O–H groups in total. The lowest BCUT2D eigenvalue weighted by atomic mass is 10.3. The van der Waals surface area contributed by atoms with E-state index in [1.54, 1.807) is 19.6 Å². The molecule has 0 atom stereocenters. The molecule has 0 aromatic carbocycles. The fourth-order valence-corrected chi connectivity index (χ4v) is 3.29. The highest BCUT2D eigenvalue weighted by Gasteiger charge is 2.17. The molecule has 2 amide bonds. The average molecular weight is 399 g/mol. The van der Waals surface area contributed by atoms with Gasteiger partial charge in [0.1, 0.15) is 11.5 Å². The normalized spacial score (nSPS) is 11.1. The Labute approximate surface area is 170 Å². The van der Waals surface area contributed by atoms with E-state index in [1.165, 1.54) is 0 Å². The lowest BCUT2D eigenvalue weighted by Gasteiger charge is -2.09. The summed E-state index contributed by atoms with van der Waals surface area (Å²) in [6.07, 6.45) is 5.09. The van der Waals surface area contributed by atoms with Crippen LogP contribution in [0.2, 0.25) is 0 Å². The topological polar surface area (TPSA) is 126 Å². The van der Waals surface area contributed by atoms with Gasteiger partial charge in [0.15, 0.2) is 22.8 Å². The summed E-state index contributed by atoms with van der Waals surface area (Å²) in [4.78, 5) is 37.4. The van der Waals surface area contributed by atoms with E-state index in [9.17, 15) is 4.79 Å². The Hall–Kier alpha value is -4.34. The lowest BCUT2D eigenvalue weighted by molar-refractivity contribution is 0.254. The maximum atomic E-state index is 11.8. The fraction of sp³-hybridized carbons (Fsp3) is 0.100. The first-order valence-corrected chi connectivity index (χ1v) is 9.24. The first-order valence-electron chi connectivity index (χ1n) is 9.24. The molecular weight excluding hydrogens is 382 g/mol. The molecular formula is C20H17N9O. The van der Waals surface area contributed by atoms with Crippen LogP contribution in [0.1, 0.15) is 5.69 Å². The summed E-state index contributed by atoms with van der Waals surface area (Å²) in [6.45, 7) is 1.92. The van der Waals surface area contributed by atoms with Crippen molar-refractivity contribution in [1.82, 2.24) is 39.8 Å². The van der Waals surface area contributed by atoms with Gasteiger partial charge in [0.25, 0.3) is 0 Å². The Morgan fingerprint density at radius 3 is 2.83 bits per heavy atom. The van der Waals surface area contributed by atoms with Gasteiger partial charge in [0.2, 0.25) is 0 Å². The predicted molar refractivity (Wildman–Crippen MR) is 112 cm³/mol. The van der Waals surface area contributed by atoms with Crippen molar-refractivity contribution in [2.75, 3.05) is 12.4 Å². The first kappa shape index (κ1) is 17.7. The number of hydrogen-bond donors (Lipinski definition) is 3. The fourth-order valence-electron chi connectivity index (χ4n) is 3.29. The number of nitrogens with one attached hydrogen (secondary N) is 3. The van der Waals surface area contributed by atoms with Crippen LogP contribution in [0.15, 0.2) is 49.1 Å². The minimum Gasteiger partial charge on any atom is -0.341 e. The van der Waals surface area contributed by atoms with Crippen LogP contribution >= 0.6 is 0 Å². The van der Waals surface area contributed by atoms with Gasteiger partial charge in [-0.25, -0.2) is 29.7 Å². The molecule has 0 radical (unpaired) electrons. The van der Waals surface area contributed by atoms with Crippen LogP contribution in [-0.4, -0.2) is 47.5 Å². The molecule has 0 aliphatic heterocycles. The molecule has 5 aromatic rings. The summed E-state index contributed by atoms with van der Waals surface area (Å²) < 4.78 is 1.90. The number of fused-ring (bicyclic) bond motifs is 2. The smallest absolute Gasteiger partial charge is 0.320 e. The van der Waals surface area contributed by atoms with Gasteiger partial charge in [-0.3, -0.25) is 9.88 Å². The van der Waals surface area contributed by atoms with Crippen LogP contribution in [0.3, 0.4) is 0 Å². The molecule has 0 saturated heterocycles. The number of amides is 2. The van der Waals surface area contributed by atoms with Gasteiger partial charge in [-0.1, -0.05) is 6.07 Å². The molecule has 30 heavy (non-hydrogen) atoms. The van der Waals surface area contributed by atoms with Crippen LogP contribution in [-0.2, 0) is 0 Å². The lowest BCUT2D eigenvalue weighted by Crippen LogP contribution is -2.25. The van der Waals surface area contributed by atoms with Crippen LogP contribution < -0.4 is 10.6 Å². The number of rotatable bonds is 3. The van der Waals surface area contributed by atoms with E-state index in [2.05, 4.69) is 35.6 Å². The molecule has 0 fully saturated rings. The number of imidazole rings is 1. The highest BCUT2D eigenvalue weighted by molar-refractivity contribution is 5.99. The number of H-pyrrole nitrogens is 1. The van der Waals surface area contributed by atoms with Crippen molar-refractivity contribution in [3.05, 3.63) is 54.7 Å². The second kappa shape index (κ2) is 6.92. The quantitative estimate of drug-likeness (QED) is 0.428. The van der Waals surface area contributed by atoms with Crippen molar-refractivity contribution in [3.63, 3.8) is 0 Å². The third-order valence-corrected chi connectivity index (χ3v) is 4.68. The molecule has 0 unspecified atom stereocenters. The number of aryl methyl sites for hydroxylation is 1. The van der Waals surface area contributed by atoms with E-state index < -0.39 is 0 Å². The van der Waals surface area contributed by atoms with Crippen LogP contribution in [0.5, 0.6) is 0 Å². The Kier molecular flexibility index (Phi) is 4.09. The van der Waals surface area contributed by atoms with E-state index in [-0.39, 0.29) is 6.03 Å². The molecule has 0 spiro atoms. The maximum absolute atomic E-state index is 11.8. The molecule has 10 heteroatoms. The third-order valence-electron chi connectivity index (χ3n) is 4.68. The summed E-state index contributed by atoms with van der Waals surface area (Å²) >= 11 is 0. The molecule has 148 valence electrons. The number of aromatic nitrogens is 7. The van der Waals surface area contributed by atoms with E-state index >= 15 is 0 Å². The van der Waals surface area contributed by atoms with Crippen molar-refractivity contribution >= 4 is 33.9 Å². The number of anilines is 1. The zero-order valence-electron chi connectivity index (χ0n) is 16.2. The first-order chi connectivity index (χ1) is 14.6. The zero-order chi connectivity index (χ0) is 20.7. The number of pyridine rings is 2.